The molecule has 0 radical (unpaired) electrons. The van der Waals surface area contributed by atoms with Crippen LogP contribution in [0.5, 0.6) is 0 Å². The Kier molecular flexibility index (Phi) is 5.24. The number of anilines is 1. The van der Waals surface area contributed by atoms with Crippen LogP contribution in [0.15, 0.2) is 30.7 Å². The van der Waals surface area contributed by atoms with Crippen molar-refractivity contribution in [3.05, 3.63) is 47.4 Å². The molecule has 29 heavy (non-hydrogen) atoms. The number of hydrogen-bond acceptors (Lipinski definition) is 5. The predicted molar refractivity (Wildman–Crippen MR) is 113 cm³/mol. The van der Waals surface area contributed by atoms with Gasteiger partial charge in [0.1, 0.15) is 0 Å². The Morgan fingerprint density at radius 3 is 2.86 bits per heavy atom. The van der Waals surface area contributed by atoms with Crippen molar-refractivity contribution in [3.8, 4) is 11.3 Å². The molecule has 1 atom stereocenters. The molecule has 2 heterocycles. The maximum Gasteiger partial charge on any atom is 0.248 e. The van der Waals surface area contributed by atoms with Crippen molar-refractivity contribution in [1.82, 2.24) is 14.4 Å². The second-order valence-corrected chi connectivity index (χ2v) is 7.60. The highest BCUT2D eigenvalue weighted by Gasteiger charge is 2.30. The van der Waals surface area contributed by atoms with Crippen molar-refractivity contribution in [2.45, 2.75) is 45.6 Å². The van der Waals surface area contributed by atoms with E-state index in [0.29, 0.717) is 24.6 Å². The largest absolute Gasteiger partial charge is 0.377 e. The average Bonchev–Trinajstić information content (AvgIpc) is 3.44. The Morgan fingerprint density at radius 2 is 2.17 bits per heavy atom. The molecule has 3 N–H and O–H groups in total. The van der Waals surface area contributed by atoms with Crippen LogP contribution < -0.4 is 11.1 Å². The topological polar surface area (TPSA) is 94.5 Å². The van der Waals surface area contributed by atoms with Gasteiger partial charge in [0.25, 0.3) is 0 Å². The number of nitrogens with zero attached hydrogens (tertiary/aromatic N) is 3. The number of hydrogen-bond donors (Lipinski definition) is 2. The lowest BCUT2D eigenvalue weighted by Gasteiger charge is -2.15. The fraction of sp³-hybridized carbons (Fsp3) is 0.409. The normalized spacial score (nSPS) is 14.9. The third-order valence-electron chi connectivity index (χ3n) is 5.48. The summed E-state index contributed by atoms with van der Waals surface area (Å²) in [6.45, 7) is 7.34. The SMILES string of the molecule is CCOC(C)CNc1nccn2c(-c3ccc(C(N)=O)c(C)c3C3CC3)cnc12. The first-order valence-electron chi connectivity index (χ1n) is 10.1. The van der Waals surface area contributed by atoms with Gasteiger partial charge in [-0.3, -0.25) is 9.20 Å². The Balaban J connectivity index is 1.75. The predicted octanol–water partition coefficient (Wildman–Crippen LogP) is 3.52. The summed E-state index contributed by atoms with van der Waals surface area (Å²) in [5.74, 6) is 0.818. The Morgan fingerprint density at radius 1 is 1.38 bits per heavy atom. The van der Waals surface area contributed by atoms with Crippen molar-refractivity contribution in [2.24, 2.45) is 5.73 Å². The second kappa shape index (κ2) is 7.83. The lowest BCUT2D eigenvalue weighted by atomic mass is 9.92. The van der Waals surface area contributed by atoms with Gasteiger partial charge >= 0.3 is 0 Å². The summed E-state index contributed by atoms with van der Waals surface area (Å²) in [6.07, 6.45) is 7.92. The van der Waals surface area contributed by atoms with Crippen LogP contribution in [0.25, 0.3) is 16.9 Å². The number of imidazole rings is 1. The smallest absolute Gasteiger partial charge is 0.248 e. The molecule has 1 unspecified atom stereocenters. The Hall–Kier alpha value is -2.93. The van der Waals surface area contributed by atoms with Gasteiger partial charge in [0.2, 0.25) is 5.91 Å². The molecule has 0 aliphatic heterocycles. The van der Waals surface area contributed by atoms with E-state index in [1.807, 2.05) is 49.7 Å². The van der Waals surface area contributed by atoms with E-state index in [4.69, 9.17) is 10.5 Å². The van der Waals surface area contributed by atoms with E-state index in [2.05, 4.69) is 15.3 Å². The van der Waals surface area contributed by atoms with E-state index >= 15 is 0 Å². The molecule has 0 spiro atoms. The van der Waals surface area contributed by atoms with Crippen molar-refractivity contribution in [3.63, 3.8) is 0 Å². The zero-order valence-electron chi connectivity index (χ0n) is 17.1. The minimum atomic E-state index is -0.381. The number of nitrogens with one attached hydrogen (secondary N) is 1. The molecule has 7 nitrogen and oxygen atoms in total. The molecule has 0 bridgehead atoms. The summed E-state index contributed by atoms with van der Waals surface area (Å²) in [4.78, 5) is 20.9. The molecule has 1 saturated carbocycles. The first-order valence-corrected chi connectivity index (χ1v) is 10.1. The molecule has 0 saturated heterocycles. The van der Waals surface area contributed by atoms with Crippen LogP contribution in [0.4, 0.5) is 5.82 Å². The molecular weight excluding hydrogens is 366 g/mol. The third-order valence-corrected chi connectivity index (χ3v) is 5.48. The number of primary amides is 1. The molecule has 7 heteroatoms. The standard InChI is InChI=1S/C22H27N5O2/c1-4-29-13(2)11-25-21-22-26-12-18(27(22)10-9-24-21)17-8-7-16(20(23)28)14(3)19(17)15-5-6-15/h7-10,12-13,15H,4-6,11H2,1-3H3,(H2,23,28)(H,24,25). The van der Waals surface area contributed by atoms with Gasteiger partial charge in [-0.25, -0.2) is 9.97 Å². The molecule has 1 amide bonds. The van der Waals surface area contributed by atoms with Crippen LogP contribution in [0.3, 0.4) is 0 Å². The van der Waals surface area contributed by atoms with Crippen molar-refractivity contribution < 1.29 is 9.53 Å². The summed E-state index contributed by atoms with van der Waals surface area (Å²) >= 11 is 0. The van der Waals surface area contributed by atoms with Gasteiger partial charge in [-0.15, -0.1) is 0 Å². The summed E-state index contributed by atoms with van der Waals surface area (Å²) < 4.78 is 7.63. The number of carbonyl (C=O) groups is 1. The molecule has 152 valence electrons. The van der Waals surface area contributed by atoms with Crippen molar-refractivity contribution >= 4 is 17.4 Å². The highest BCUT2D eigenvalue weighted by Crippen LogP contribution is 2.46. The molecule has 1 aliphatic carbocycles. The van der Waals surface area contributed by atoms with E-state index in [1.54, 1.807) is 6.20 Å². The van der Waals surface area contributed by atoms with Gasteiger partial charge in [0.15, 0.2) is 11.5 Å². The van der Waals surface area contributed by atoms with Crippen LogP contribution in [0.1, 0.15) is 54.1 Å². The van der Waals surface area contributed by atoms with Gasteiger partial charge in [0.05, 0.1) is 18.0 Å². The Bertz CT molecular complexity index is 1050. The first-order chi connectivity index (χ1) is 14.0. The fourth-order valence-corrected chi connectivity index (χ4v) is 3.94. The van der Waals surface area contributed by atoms with E-state index in [0.717, 1.165) is 41.1 Å². The van der Waals surface area contributed by atoms with Gasteiger partial charge in [-0.1, -0.05) is 6.07 Å². The lowest BCUT2D eigenvalue weighted by Crippen LogP contribution is -2.20. The van der Waals surface area contributed by atoms with Crippen LogP contribution >= 0.6 is 0 Å². The second-order valence-electron chi connectivity index (χ2n) is 7.60. The molecular formula is C22H27N5O2. The minimum Gasteiger partial charge on any atom is -0.377 e. The van der Waals surface area contributed by atoms with E-state index < -0.39 is 0 Å². The molecule has 1 aromatic carbocycles. The summed E-state index contributed by atoms with van der Waals surface area (Å²) in [6, 6.07) is 3.82. The number of amides is 1. The zero-order valence-corrected chi connectivity index (χ0v) is 17.1. The maximum atomic E-state index is 11.8. The summed E-state index contributed by atoms with van der Waals surface area (Å²) in [5, 5.41) is 3.34. The molecule has 1 fully saturated rings. The number of rotatable bonds is 8. The number of carbonyl (C=O) groups excluding carboxylic acids is 1. The van der Waals surface area contributed by atoms with Crippen LogP contribution in [0.2, 0.25) is 0 Å². The van der Waals surface area contributed by atoms with Crippen LogP contribution in [-0.4, -0.2) is 39.5 Å². The van der Waals surface area contributed by atoms with Crippen LogP contribution in [-0.2, 0) is 4.74 Å². The third kappa shape index (κ3) is 3.70. The monoisotopic (exact) mass is 393 g/mol. The summed E-state index contributed by atoms with van der Waals surface area (Å²) in [5.41, 5.74) is 11.2. The quantitative estimate of drug-likeness (QED) is 0.611. The highest BCUT2D eigenvalue weighted by atomic mass is 16.5. The minimum absolute atomic E-state index is 0.0851. The number of benzene rings is 1. The van der Waals surface area contributed by atoms with E-state index in [1.165, 1.54) is 5.56 Å². The van der Waals surface area contributed by atoms with E-state index in [-0.39, 0.29) is 12.0 Å². The number of fused-ring (bicyclic) bond motifs is 1. The lowest BCUT2D eigenvalue weighted by molar-refractivity contribution is 0.0855. The molecule has 4 rings (SSSR count). The Labute approximate surface area is 170 Å². The number of nitrogens with two attached hydrogens (primary N) is 1. The molecule has 2 aromatic heterocycles. The zero-order chi connectivity index (χ0) is 20.5. The average molecular weight is 393 g/mol. The molecule has 1 aliphatic rings. The molecule has 3 aromatic rings. The number of aromatic nitrogens is 3. The van der Waals surface area contributed by atoms with Crippen molar-refractivity contribution in [2.75, 3.05) is 18.5 Å². The van der Waals surface area contributed by atoms with Gasteiger partial charge < -0.3 is 15.8 Å². The van der Waals surface area contributed by atoms with Gasteiger partial charge in [-0.2, -0.15) is 0 Å². The fourth-order valence-electron chi connectivity index (χ4n) is 3.94. The van der Waals surface area contributed by atoms with Crippen molar-refractivity contribution in [1.29, 1.82) is 0 Å². The first kappa shape index (κ1) is 19.4. The van der Waals surface area contributed by atoms with Gasteiger partial charge in [0, 0.05) is 36.7 Å². The summed E-state index contributed by atoms with van der Waals surface area (Å²) in [7, 11) is 0. The maximum absolute atomic E-state index is 11.8. The van der Waals surface area contributed by atoms with Gasteiger partial charge in [-0.05, 0) is 56.7 Å². The van der Waals surface area contributed by atoms with Crippen LogP contribution in [0, 0.1) is 6.92 Å². The van der Waals surface area contributed by atoms with E-state index in [9.17, 15) is 4.79 Å². The number of ether oxygens (including phenoxy) is 1. The highest BCUT2D eigenvalue weighted by molar-refractivity contribution is 5.95.